The van der Waals surface area contributed by atoms with Crippen LogP contribution in [0.3, 0.4) is 0 Å². The summed E-state index contributed by atoms with van der Waals surface area (Å²) < 4.78 is 6.72. The second-order valence-corrected chi connectivity index (χ2v) is 17.8. The van der Waals surface area contributed by atoms with E-state index in [0.29, 0.717) is 0 Å². The molecule has 0 aliphatic rings. The van der Waals surface area contributed by atoms with Gasteiger partial charge in [-0.05, 0) is 0 Å². The normalized spacial score (nSPS) is 10.7. The van der Waals surface area contributed by atoms with Crippen molar-refractivity contribution in [3.05, 3.63) is 10.7 Å². The van der Waals surface area contributed by atoms with Gasteiger partial charge in [0.05, 0.1) is 0 Å². The molecule has 0 saturated carbocycles. The van der Waals surface area contributed by atoms with Crippen molar-refractivity contribution in [1.29, 1.82) is 0 Å². The van der Waals surface area contributed by atoms with Gasteiger partial charge in [-0.25, -0.2) is 0 Å². The minimum atomic E-state index is -1.96. The van der Waals surface area contributed by atoms with Crippen LogP contribution in [-0.4, -0.2) is 18.4 Å². The fourth-order valence-corrected chi connectivity index (χ4v) is 14.8. The molecule has 0 aliphatic heterocycles. The first kappa shape index (κ1) is 20.8. The average molecular weight is 417 g/mol. The van der Waals surface area contributed by atoms with Gasteiger partial charge in [0.1, 0.15) is 0 Å². The van der Waals surface area contributed by atoms with Crippen LogP contribution >= 0.6 is 9.69 Å². The Morgan fingerprint density at radius 2 is 1.18 bits per heavy atom. The Morgan fingerprint density at radius 1 is 0.882 bits per heavy atom. The molecule has 0 aromatic heterocycles. The zero-order valence-electron chi connectivity index (χ0n) is 12.1. The van der Waals surface area contributed by atoms with Crippen LogP contribution in [0, 0.1) is 6.58 Å². The molecule has 0 bridgehead atoms. The fraction of sp³-hybridized carbons (Fsp3) is 0.857. The monoisotopic (exact) mass is 416 g/mol. The third kappa shape index (κ3) is 11.0. The van der Waals surface area contributed by atoms with E-state index in [1.54, 1.807) is 0 Å². The standard InChI is InChI=1S/3C4H9.C2H2.ClH.Sn.Zn/c3*1-3-4-2;1-2;;;/h3*1,3-4H2,2H3;1-2H;1H;;/q;;;-1;;;+2/p-1. The molecule has 0 atom stereocenters. The topological polar surface area (TPSA) is 0 Å². The summed E-state index contributed by atoms with van der Waals surface area (Å²) in [5.74, 6) is 0. The summed E-state index contributed by atoms with van der Waals surface area (Å²) in [6, 6.07) is 0. The molecule has 0 nitrogen and oxygen atoms in total. The third-order valence-corrected chi connectivity index (χ3v) is 17.0. The molecule has 98 valence electrons. The number of unbranched alkanes of at least 4 members (excludes halogenated alkanes) is 3. The van der Waals surface area contributed by atoms with Gasteiger partial charge in [-0.2, -0.15) is 0 Å². The second kappa shape index (κ2) is 15.5. The van der Waals surface area contributed by atoms with E-state index in [9.17, 15) is 0 Å². The maximum absolute atomic E-state index is 6.00. The van der Waals surface area contributed by atoms with Crippen LogP contribution in [0.4, 0.5) is 0 Å². The Labute approximate surface area is 128 Å². The Hall–Kier alpha value is 1.45. The predicted octanol–water partition coefficient (Wildman–Crippen LogP) is 6.05. The Bertz CT molecular complexity index is 141. The third-order valence-electron chi connectivity index (χ3n) is 3.44. The summed E-state index contributed by atoms with van der Waals surface area (Å²) in [6.45, 7) is 12.9. The van der Waals surface area contributed by atoms with Gasteiger partial charge in [-0.1, -0.05) is 0 Å². The van der Waals surface area contributed by atoms with E-state index < -0.39 is 18.4 Å². The minimum absolute atomic E-state index is 0.847. The molecule has 0 radical (unpaired) electrons. The van der Waals surface area contributed by atoms with E-state index in [1.165, 1.54) is 51.8 Å². The van der Waals surface area contributed by atoms with Crippen molar-refractivity contribution in [2.75, 3.05) is 0 Å². The van der Waals surface area contributed by atoms with Gasteiger partial charge in [0.25, 0.3) is 0 Å². The number of halogens is 1. The van der Waals surface area contributed by atoms with Gasteiger partial charge < -0.3 is 0 Å². The molecule has 3 heteroatoms. The molecule has 0 spiro atoms. The molecule has 0 saturated heterocycles. The van der Waals surface area contributed by atoms with Gasteiger partial charge in [0.2, 0.25) is 0 Å². The molecule has 0 aliphatic carbocycles. The van der Waals surface area contributed by atoms with Gasteiger partial charge >= 0.3 is 129 Å². The number of rotatable bonds is 10. The van der Waals surface area contributed by atoms with E-state index in [4.69, 9.17) is 16.3 Å². The Balaban J connectivity index is 0. The summed E-state index contributed by atoms with van der Waals surface area (Å²) in [5, 5.41) is 0. The summed E-state index contributed by atoms with van der Waals surface area (Å²) in [7, 11) is 4.76. The van der Waals surface area contributed by atoms with E-state index in [2.05, 4.69) is 24.9 Å². The molecule has 0 heterocycles. The van der Waals surface area contributed by atoms with Crippen molar-refractivity contribution >= 4 is 28.1 Å². The molecular weight excluding hydrogens is 388 g/mol. The fourth-order valence-electron chi connectivity index (χ4n) is 2.21. The van der Waals surface area contributed by atoms with Crippen LogP contribution in [0.15, 0.2) is 4.09 Å². The zero-order chi connectivity index (χ0) is 13.6. The maximum atomic E-state index is 6.00. The van der Waals surface area contributed by atoms with Crippen LogP contribution in [0.5, 0.6) is 0 Å². The molecular formula is C14H29ClSnZn. The van der Waals surface area contributed by atoms with Gasteiger partial charge in [0.15, 0.2) is 0 Å². The van der Waals surface area contributed by atoms with E-state index in [-0.39, 0.29) is 0 Å². The van der Waals surface area contributed by atoms with Crippen molar-refractivity contribution < 1.29 is 17.3 Å². The van der Waals surface area contributed by atoms with Crippen molar-refractivity contribution in [3.8, 4) is 0 Å². The van der Waals surface area contributed by atoms with Crippen molar-refractivity contribution in [1.82, 2.24) is 0 Å². The molecule has 0 amide bonds. The summed E-state index contributed by atoms with van der Waals surface area (Å²) in [6.07, 6.45) is 8.26. The summed E-state index contributed by atoms with van der Waals surface area (Å²) in [5.41, 5.74) is 0. The Kier molecular flexibility index (Phi) is 18.9. The molecule has 17 heavy (non-hydrogen) atoms. The molecule has 0 N–H and O–H groups in total. The van der Waals surface area contributed by atoms with Crippen molar-refractivity contribution in [3.63, 3.8) is 0 Å². The molecule has 0 unspecified atom stereocenters. The summed E-state index contributed by atoms with van der Waals surface area (Å²) >= 11 is -1.12. The Morgan fingerprint density at radius 3 is 1.35 bits per heavy atom. The zero-order valence-corrected chi connectivity index (χ0v) is 18.7. The number of hydrogen-bond acceptors (Lipinski definition) is 0. The van der Waals surface area contributed by atoms with Gasteiger partial charge in [-0.3, -0.25) is 0 Å². The second-order valence-electron chi connectivity index (χ2n) is 4.84. The molecule has 0 fully saturated rings. The first-order chi connectivity index (χ1) is 8.24. The predicted molar refractivity (Wildman–Crippen MR) is 79.6 cm³/mol. The van der Waals surface area contributed by atoms with Gasteiger partial charge in [-0.15, -0.1) is 0 Å². The quantitative estimate of drug-likeness (QED) is 0.300. The van der Waals surface area contributed by atoms with E-state index in [0.717, 1.165) is 17.3 Å². The van der Waals surface area contributed by atoms with Crippen LogP contribution in [0.2, 0.25) is 13.3 Å². The van der Waals surface area contributed by atoms with Crippen LogP contribution in [-0.2, 0) is 17.3 Å². The van der Waals surface area contributed by atoms with Gasteiger partial charge in [0, 0.05) is 0 Å². The summed E-state index contributed by atoms with van der Waals surface area (Å²) in [4.78, 5) is 0. The number of hydrogen-bond donors (Lipinski definition) is 0. The van der Waals surface area contributed by atoms with E-state index >= 15 is 0 Å². The first-order valence-corrected chi connectivity index (χ1v) is 18.7. The van der Waals surface area contributed by atoms with E-state index in [1.807, 2.05) is 0 Å². The van der Waals surface area contributed by atoms with Crippen LogP contribution in [0.25, 0.3) is 0 Å². The van der Waals surface area contributed by atoms with Crippen LogP contribution in [0.1, 0.15) is 59.3 Å². The molecule has 0 rings (SSSR count). The molecule has 0 aromatic carbocycles. The SMILES string of the molecule is [CH-]=[CH][Sn]([CH2]CCC)([CH2]CCC)[CH2]CCC.[Cl][Zn+]. The van der Waals surface area contributed by atoms with Crippen molar-refractivity contribution in [2.24, 2.45) is 0 Å². The van der Waals surface area contributed by atoms with Crippen LogP contribution < -0.4 is 0 Å². The van der Waals surface area contributed by atoms with Crippen molar-refractivity contribution in [2.45, 2.75) is 72.6 Å². The first-order valence-electron chi connectivity index (χ1n) is 7.07. The molecule has 0 aromatic rings. The average Bonchev–Trinajstić information content (AvgIpc) is 2.41.